The fourth-order valence-electron chi connectivity index (χ4n) is 3.48. The summed E-state index contributed by atoms with van der Waals surface area (Å²) in [4.78, 5) is 12.2. The van der Waals surface area contributed by atoms with Crippen LogP contribution in [0.2, 0.25) is 0 Å². The second kappa shape index (κ2) is 7.21. The van der Waals surface area contributed by atoms with Crippen LogP contribution in [-0.4, -0.2) is 49.8 Å². The molecule has 0 saturated carbocycles. The van der Waals surface area contributed by atoms with Gasteiger partial charge in [-0.25, -0.2) is 8.42 Å². The molecule has 0 aromatic heterocycles. The summed E-state index contributed by atoms with van der Waals surface area (Å²) in [5, 5.41) is 2.67. The molecule has 1 fully saturated rings. The predicted molar refractivity (Wildman–Crippen MR) is 93.3 cm³/mol. The van der Waals surface area contributed by atoms with Crippen molar-refractivity contribution in [2.45, 2.75) is 45.2 Å². The molecule has 8 heteroatoms. The normalized spacial score (nSPS) is 23.4. The van der Waals surface area contributed by atoms with E-state index in [1.165, 1.54) is 0 Å². The molecule has 1 amide bonds. The first-order chi connectivity index (χ1) is 11.9. The number of hydrogen-bond donors (Lipinski definition) is 1. The van der Waals surface area contributed by atoms with Crippen LogP contribution in [0.5, 0.6) is 11.5 Å². The van der Waals surface area contributed by atoms with E-state index in [1.54, 1.807) is 22.5 Å². The topological polar surface area (TPSA) is 84.9 Å². The van der Waals surface area contributed by atoms with Crippen molar-refractivity contribution in [2.75, 3.05) is 19.1 Å². The van der Waals surface area contributed by atoms with Crippen LogP contribution in [0.4, 0.5) is 0 Å². The van der Waals surface area contributed by atoms with E-state index in [4.69, 9.17) is 9.47 Å². The number of carbonyl (C=O) groups is 1. The third-order valence-corrected chi connectivity index (χ3v) is 6.80. The molecule has 1 N–H and O–H groups in total. The van der Waals surface area contributed by atoms with Crippen LogP contribution in [0.15, 0.2) is 18.2 Å². The summed E-state index contributed by atoms with van der Waals surface area (Å²) in [6.45, 7) is 4.10. The minimum atomic E-state index is -3.40. The molecule has 1 aromatic rings. The van der Waals surface area contributed by atoms with E-state index in [0.29, 0.717) is 17.1 Å². The highest BCUT2D eigenvalue weighted by Gasteiger charge is 2.34. The van der Waals surface area contributed by atoms with Crippen molar-refractivity contribution in [3.8, 4) is 11.5 Å². The van der Waals surface area contributed by atoms with Crippen LogP contribution in [-0.2, 0) is 10.0 Å². The van der Waals surface area contributed by atoms with E-state index in [1.807, 2.05) is 13.8 Å². The Labute approximate surface area is 148 Å². The highest BCUT2D eigenvalue weighted by Crippen LogP contribution is 2.32. The largest absolute Gasteiger partial charge is 0.454 e. The molecule has 0 radical (unpaired) electrons. The lowest BCUT2D eigenvalue weighted by Gasteiger charge is -2.37. The third kappa shape index (κ3) is 3.90. The van der Waals surface area contributed by atoms with Gasteiger partial charge in [0.2, 0.25) is 16.8 Å². The van der Waals surface area contributed by atoms with Gasteiger partial charge in [0, 0.05) is 24.2 Å². The van der Waals surface area contributed by atoms with Crippen LogP contribution < -0.4 is 14.8 Å². The minimum Gasteiger partial charge on any atom is -0.454 e. The molecule has 138 valence electrons. The van der Waals surface area contributed by atoms with Crippen molar-refractivity contribution in [2.24, 2.45) is 0 Å². The summed E-state index contributed by atoms with van der Waals surface area (Å²) in [6, 6.07) is 4.93. The smallest absolute Gasteiger partial charge is 0.251 e. The Balaban J connectivity index is 1.57. The van der Waals surface area contributed by atoms with Gasteiger partial charge in [0.05, 0.1) is 5.75 Å². The maximum absolute atomic E-state index is 12.6. The van der Waals surface area contributed by atoms with E-state index in [-0.39, 0.29) is 37.1 Å². The number of sulfonamides is 1. The molecule has 2 aliphatic heterocycles. The third-order valence-electron chi connectivity index (χ3n) is 4.71. The molecule has 25 heavy (non-hydrogen) atoms. The van der Waals surface area contributed by atoms with Crippen LogP contribution in [0.1, 0.15) is 43.5 Å². The number of fused-ring (bicyclic) bond motifs is 1. The average Bonchev–Trinajstić information content (AvgIpc) is 3.01. The van der Waals surface area contributed by atoms with Gasteiger partial charge in [0.1, 0.15) is 0 Å². The van der Waals surface area contributed by atoms with Crippen molar-refractivity contribution in [3.05, 3.63) is 23.8 Å². The quantitative estimate of drug-likeness (QED) is 0.856. The molecule has 0 aliphatic carbocycles. The number of rotatable bonds is 5. The molecule has 0 spiro atoms. The van der Waals surface area contributed by atoms with Crippen LogP contribution >= 0.6 is 0 Å². The number of piperidine rings is 1. The monoisotopic (exact) mass is 368 g/mol. The number of carbonyl (C=O) groups excluding carboxylic acids is 1. The van der Waals surface area contributed by atoms with Gasteiger partial charge < -0.3 is 14.8 Å². The molecule has 1 saturated heterocycles. The zero-order valence-electron chi connectivity index (χ0n) is 14.5. The summed E-state index contributed by atoms with van der Waals surface area (Å²) < 4.78 is 37.3. The molecule has 2 heterocycles. The fourth-order valence-corrected chi connectivity index (χ4v) is 5.36. The van der Waals surface area contributed by atoms with Crippen LogP contribution in [0.3, 0.4) is 0 Å². The maximum atomic E-state index is 12.6. The second-order valence-corrected chi connectivity index (χ2v) is 8.59. The van der Waals surface area contributed by atoms with E-state index < -0.39 is 10.0 Å². The lowest BCUT2D eigenvalue weighted by atomic mass is 10.0. The first-order valence-corrected chi connectivity index (χ1v) is 10.2. The number of hydrogen-bond acceptors (Lipinski definition) is 5. The highest BCUT2D eigenvalue weighted by atomic mass is 32.2. The van der Waals surface area contributed by atoms with Gasteiger partial charge >= 0.3 is 0 Å². The Hall–Kier alpha value is -1.80. The summed E-state index contributed by atoms with van der Waals surface area (Å²) in [7, 11) is -3.40. The first kappa shape index (κ1) is 18.0. The predicted octanol–water partition coefficient (Wildman–Crippen LogP) is 1.74. The Morgan fingerprint density at radius 2 is 1.88 bits per heavy atom. The zero-order valence-corrected chi connectivity index (χ0v) is 15.3. The van der Waals surface area contributed by atoms with Gasteiger partial charge in [-0.05, 0) is 44.9 Å². The zero-order chi connectivity index (χ0) is 18.0. The SMILES string of the molecule is C[C@@H]1CCC[C@@H](C)N1S(=O)(=O)CCNC(=O)c1ccc2c(c1)OCO2. The Kier molecular flexibility index (Phi) is 5.19. The van der Waals surface area contributed by atoms with E-state index in [9.17, 15) is 13.2 Å². The standard InChI is InChI=1S/C17H24N2O5S/c1-12-4-3-5-13(2)19(12)25(21,22)9-8-18-17(20)14-6-7-15-16(10-14)24-11-23-15/h6-7,10,12-13H,3-5,8-9,11H2,1-2H3,(H,18,20)/t12-,13-/m1/s1. The first-order valence-electron chi connectivity index (χ1n) is 8.57. The fraction of sp³-hybridized carbons (Fsp3) is 0.588. The van der Waals surface area contributed by atoms with Crippen molar-refractivity contribution >= 4 is 15.9 Å². The van der Waals surface area contributed by atoms with Crippen molar-refractivity contribution < 1.29 is 22.7 Å². The number of ether oxygens (including phenoxy) is 2. The Bertz CT molecular complexity index is 739. The number of benzene rings is 1. The molecular formula is C17H24N2O5S. The molecule has 7 nitrogen and oxygen atoms in total. The molecule has 2 atom stereocenters. The molecule has 1 aromatic carbocycles. The molecule has 0 unspecified atom stereocenters. The average molecular weight is 368 g/mol. The number of nitrogens with zero attached hydrogens (tertiary/aromatic N) is 1. The van der Waals surface area contributed by atoms with Crippen LogP contribution in [0.25, 0.3) is 0 Å². The minimum absolute atomic E-state index is 0.0123. The van der Waals surface area contributed by atoms with Crippen molar-refractivity contribution in [1.29, 1.82) is 0 Å². The van der Waals surface area contributed by atoms with E-state index in [2.05, 4.69) is 5.32 Å². The molecule has 3 rings (SSSR count). The Morgan fingerprint density at radius 3 is 2.60 bits per heavy atom. The molecular weight excluding hydrogens is 344 g/mol. The summed E-state index contributed by atoms with van der Waals surface area (Å²) in [5.74, 6) is 0.703. The lowest BCUT2D eigenvalue weighted by molar-refractivity contribution is 0.0955. The van der Waals surface area contributed by atoms with Gasteiger partial charge in [-0.1, -0.05) is 6.42 Å². The number of nitrogens with one attached hydrogen (secondary N) is 1. The van der Waals surface area contributed by atoms with E-state index in [0.717, 1.165) is 19.3 Å². The summed E-state index contributed by atoms with van der Waals surface area (Å²) >= 11 is 0. The molecule has 0 bridgehead atoms. The van der Waals surface area contributed by atoms with Gasteiger partial charge in [0.25, 0.3) is 5.91 Å². The van der Waals surface area contributed by atoms with Gasteiger partial charge in [-0.2, -0.15) is 4.31 Å². The molecule has 2 aliphatic rings. The summed E-state index contributed by atoms with van der Waals surface area (Å²) in [6.07, 6.45) is 2.81. The maximum Gasteiger partial charge on any atom is 0.251 e. The van der Waals surface area contributed by atoms with Gasteiger partial charge in [-0.3, -0.25) is 4.79 Å². The van der Waals surface area contributed by atoms with Gasteiger partial charge in [-0.15, -0.1) is 0 Å². The van der Waals surface area contributed by atoms with Crippen LogP contribution in [0, 0.1) is 0 Å². The summed E-state index contributed by atoms with van der Waals surface area (Å²) in [5.41, 5.74) is 0.418. The highest BCUT2D eigenvalue weighted by molar-refractivity contribution is 7.89. The van der Waals surface area contributed by atoms with Gasteiger partial charge in [0.15, 0.2) is 11.5 Å². The van der Waals surface area contributed by atoms with Crippen molar-refractivity contribution in [1.82, 2.24) is 9.62 Å². The Morgan fingerprint density at radius 1 is 1.20 bits per heavy atom. The van der Waals surface area contributed by atoms with E-state index >= 15 is 0 Å². The second-order valence-electron chi connectivity index (χ2n) is 6.60. The number of amides is 1. The lowest BCUT2D eigenvalue weighted by Crippen LogP contribution is -2.49. The van der Waals surface area contributed by atoms with Crippen molar-refractivity contribution in [3.63, 3.8) is 0 Å².